The monoisotopic (exact) mass is 332 g/mol. The van der Waals surface area contributed by atoms with Crippen molar-refractivity contribution in [3.8, 4) is 11.5 Å². The predicted molar refractivity (Wildman–Crippen MR) is 83.9 cm³/mol. The molecule has 3 heteroatoms. The molecular formula is C17H17BrO2. The van der Waals surface area contributed by atoms with Crippen LogP contribution in [0, 0.1) is 6.92 Å². The molecule has 104 valence electrons. The molecule has 3 rings (SSSR count). The molecular weight excluding hydrogens is 316 g/mol. The smallest absolute Gasteiger partial charge is 0.126 e. The summed E-state index contributed by atoms with van der Waals surface area (Å²) in [6, 6.07) is 10.4. The van der Waals surface area contributed by atoms with Gasteiger partial charge in [-0.3, -0.25) is 0 Å². The second-order valence-electron chi connectivity index (χ2n) is 5.07. The van der Waals surface area contributed by atoms with Crippen LogP contribution in [-0.2, 0) is 12.8 Å². The molecule has 0 fully saturated rings. The van der Waals surface area contributed by atoms with E-state index < -0.39 is 0 Å². The Labute approximate surface area is 127 Å². The quantitative estimate of drug-likeness (QED) is 0.834. The predicted octanol–water partition coefficient (Wildman–Crippen LogP) is 4.29. The van der Waals surface area contributed by atoms with Crippen LogP contribution in [-0.4, -0.2) is 13.7 Å². The third kappa shape index (κ3) is 2.42. The molecule has 0 aliphatic carbocycles. The van der Waals surface area contributed by atoms with E-state index in [-0.39, 0.29) is 0 Å². The summed E-state index contributed by atoms with van der Waals surface area (Å²) in [6.07, 6.45) is 1.89. The van der Waals surface area contributed by atoms with Crippen LogP contribution < -0.4 is 9.47 Å². The number of methoxy groups -OCH3 is 1. The molecule has 0 atom stereocenters. The van der Waals surface area contributed by atoms with Crippen molar-refractivity contribution in [2.45, 2.75) is 19.8 Å². The van der Waals surface area contributed by atoms with Crippen LogP contribution >= 0.6 is 15.9 Å². The fourth-order valence-electron chi connectivity index (χ4n) is 2.67. The lowest BCUT2D eigenvalue weighted by Crippen LogP contribution is -1.96. The summed E-state index contributed by atoms with van der Waals surface area (Å²) in [6.45, 7) is 2.94. The van der Waals surface area contributed by atoms with E-state index in [0.717, 1.165) is 30.9 Å². The molecule has 1 aliphatic heterocycles. The zero-order valence-corrected chi connectivity index (χ0v) is 13.3. The van der Waals surface area contributed by atoms with E-state index in [1.807, 2.05) is 12.1 Å². The van der Waals surface area contributed by atoms with Gasteiger partial charge in [0.25, 0.3) is 0 Å². The van der Waals surface area contributed by atoms with E-state index >= 15 is 0 Å². The van der Waals surface area contributed by atoms with E-state index in [0.29, 0.717) is 0 Å². The van der Waals surface area contributed by atoms with Gasteiger partial charge >= 0.3 is 0 Å². The van der Waals surface area contributed by atoms with Crippen LogP contribution in [0.4, 0.5) is 0 Å². The summed E-state index contributed by atoms with van der Waals surface area (Å²) < 4.78 is 12.2. The molecule has 0 radical (unpaired) electrons. The Morgan fingerprint density at radius 1 is 1.25 bits per heavy atom. The van der Waals surface area contributed by atoms with E-state index in [9.17, 15) is 0 Å². The molecule has 0 spiro atoms. The molecule has 0 aromatic heterocycles. The van der Waals surface area contributed by atoms with Crippen molar-refractivity contribution in [2.24, 2.45) is 0 Å². The molecule has 2 aromatic carbocycles. The van der Waals surface area contributed by atoms with E-state index in [4.69, 9.17) is 9.47 Å². The molecule has 0 unspecified atom stereocenters. The Hall–Kier alpha value is -1.48. The summed E-state index contributed by atoms with van der Waals surface area (Å²) in [7, 11) is 1.69. The first-order valence-electron chi connectivity index (χ1n) is 6.75. The van der Waals surface area contributed by atoms with Crippen molar-refractivity contribution in [3.05, 3.63) is 57.1 Å². The van der Waals surface area contributed by atoms with Gasteiger partial charge in [0.2, 0.25) is 0 Å². The number of hydrogen-bond acceptors (Lipinski definition) is 2. The number of hydrogen-bond donors (Lipinski definition) is 0. The first kappa shape index (κ1) is 13.5. The Bertz CT molecular complexity index is 632. The molecule has 0 saturated carbocycles. The van der Waals surface area contributed by atoms with Gasteiger partial charge in [-0.1, -0.05) is 28.1 Å². The van der Waals surface area contributed by atoms with Gasteiger partial charge in [-0.15, -0.1) is 0 Å². The Kier molecular flexibility index (Phi) is 3.70. The molecule has 1 aliphatic rings. The van der Waals surface area contributed by atoms with Crippen molar-refractivity contribution in [1.82, 2.24) is 0 Å². The maximum absolute atomic E-state index is 5.84. The highest BCUT2D eigenvalue weighted by atomic mass is 79.9. The van der Waals surface area contributed by atoms with Crippen LogP contribution in [0.1, 0.15) is 22.3 Å². The average molecular weight is 333 g/mol. The molecule has 20 heavy (non-hydrogen) atoms. The van der Waals surface area contributed by atoms with Gasteiger partial charge in [-0.25, -0.2) is 0 Å². The van der Waals surface area contributed by atoms with Gasteiger partial charge in [-0.05, 0) is 41.8 Å². The van der Waals surface area contributed by atoms with E-state index in [1.165, 1.54) is 26.7 Å². The zero-order valence-electron chi connectivity index (χ0n) is 11.7. The van der Waals surface area contributed by atoms with Crippen molar-refractivity contribution in [1.29, 1.82) is 0 Å². The lowest BCUT2D eigenvalue weighted by atomic mass is 9.98. The number of benzene rings is 2. The van der Waals surface area contributed by atoms with Crippen LogP contribution in [0.5, 0.6) is 11.5 Å². The van der Waals surface area contributed by atoms with Crippen molar-refractivity contribution in [3.63, 3.8) is 0 Å². The third-order valence-electron chi connectivity index (χ3n) is 3.83. The molecule has 2 aromatic rings. The number of halogens is 1. The SMILES string of the molecule is COc1ccc(Cc2cc(Br)c(C)c3c2OCC3)cc1. The number of ether oxygens (including phenoxy) is 2. The topological polar surface area (TPSA) is 18.5 Å². The van der Waals surface area contributed by atoms with Gasteiger partial charge < -0.3 is 9.47 Å². The lowest BCUT2D eigenvalue weighted by molar-refractivity contribution is 0.354. The van der Waals surface area contributed by atoms with Crippen LogP contribution in [0.15, 0.2) is 34.8 Å². The summed E-state index contributed by atoms with van der Waals surface area (Å²) in [4.78, 5) is 0. The van der Waals surface area contributed by atoms with E-state index in [2.05, 4.69) is 41.1 Å². The zero-order chi connectivity index (χ0) is 14.1. The first-order chi connectivity index (χ1) is 9.69. The summed E-state index contributed by atoms with van der Waals surface area (Å²) >= 11 is 3.66. The summed E-state index contributed by atoms with van der Waals surface area (Å²) in [5.74, 6) is 1.97. The minimum Gasteiger partial charge on any atom is -0.497 e. The molecule has 0 N–H and O–H groups in total. The van der Waals surface area contributed by atoms with Gasteiger partial charge in [0.05, 0.1) is 13.7 Å². The first-order valence-corrected chi connectivity index (χ1v) is 7.55. The largest absolute Gasteiger partial charge is 0.497 e. The van der Waals surface area contributed by atoms with Crippen molar-refractivity contribution < 1.29 is 9.47 Å². The summed E-state index contributed by atoms with van der Waals surface area (Å²) in [5, 5.41) is 0. The van der Waals surface area contributed by atoms with Crippen LogP contribution in [0.2, 0.25) is 0 Å². The lowest BCUT2D eigenvalue weighted by Gasteiger charge is -2.12. The third-order valence-corrected chi connectivity index (χ3v) is 4.65. The Morgan fingerprint density at radius 2 is 2.00 bits per heavy atom. The van der Waals surface area contributed by atoms with Gasteiger partial charge in [0.15, 0.2) is 0 Å². The maximum atomic E-state index is 5.84. The molecule has 0 amide bonds. The number of fused-ring (bicyclic) bond motifs is 1. The second kappa shape index (κ2) is 5.49. The van der Waals surface area contributed by atoms with Crippen LogP contribution in [0.25, 0.3) is 0 Å². The highest BCUT2D eigenvalue weighted by Crippen LogP contribution is 2.37. The van der Waals surface area contributed by atoms with E-state index in [1.54, 1.807) is 7.11 Å². The number of rotatable bonds is 3. The van der Waals surface area contributed by atoms with Gasteiger partial charge in [0.1, 0.15) is 11.5 Å². The normalized spacial score (nSPS) is 12.9. The van der Waals surface area contributed by atoms with Crippen molar-refractivity contribution in [2.75, 3.05) is 13.7 Å². The highest BCUT2D eigenvalue weighted by Gasteiger charge is 2.20. The van der Waals surface area contributed by atoms with Gasteiger partial charge in [0, 0.05) is 22.9 Å². The minimum absolute atomic E-state index is 0.794. The minimum atomic E-state index is 0.794. The Balaban J connectivity index is 1.94. The average Bonchev–Trinajstić information content (AvgIpc) is 2.95. The standard InChI is InChI=1S/C17H17BrO2/c1-11-15-7-8-20-17(15)13(10-16(11)18)9-12-3-5-14(19-2)6-4-12/h3-6,10H,7-9H2,1-2H3. The fraction of sp³-hybridized carbons (Fsp3) is 0.294. The van der Waals surface area contributed by atoms with Crippen molar-refractivity contribution >= 4 is 15.9 Å². The van der Waals surface area contributed by atoms with Gasteiger partial charge in [-0.2, -0.15) is 0 Å². The van der Waals surface area contributed by atoms with Crippen LogP contribution in [0.3, 0.4) is 0 Å². The molecule has 0 saturated heterocycles. The molecule has 1 heterocycles. The highest BCUT2D eigenvalue weighted by molar-refractivity contribution is 9.10. The fourth-order valence-corrected chi connectivity index (χ4v) is 3.18. The second-order valence-corrected chi connectivity index (χ2v) is 5.93. The molecule has 2 nitrogen and oxygen atoms in total. The maximum Gasteiger partial charge on any atom is 0.126 e. The summed E-state index contributed by atoms with van der Waals surface area (Å²) in [5.41, 5.74) is 5.17. The molecule has 0 bridgehead atoms. The Morgan fingerprint density at radius 3 is 2.70 bits per heavy atom.